The minimum atomic E-state index is -0.0773. The predicted octanol–water partition coefficient (Wildman–Crippen LogP) is 6.12. The number of amides is 1. The van der Waals surface area contributed by atoms with Crippen LogP contribution in [0, 0.1) is 0 Å². The summed E-state index contributed by atoms with van der Waals surface area (Å²) in [4.78, 5) is 19.7. The van der Waals surface area contributed by atoms with Gasteiger partial charge in [-0.05, 0) is 53.6 Å². The number of hydrogen-bond donors (Lipinski definition) is 0. The highest BCUT2D eigenvalue weighted by Gasteiger charge is 2.25. The third-order valence-corrected chi connectivity index (χ3v) is 7.33. The van der Waals surface area contributed by atoms with E-state index < -0.39 is 0 Å². The lowest BCUT2D eigenvalue weighted by molar-refractivity contribution is 0.0710. The molecule has 1 aliphatic heterocycles. The molecule has 0 N–H and O–H groups in total. The van der Waals surface area contributed by atoms with Crippen LogP contribution in [0.4, 0.5) is 5.69 Å². The first-order chi connectivity index (χ1) is 19.5. The van der Waals surface area contributed by atoms with Gasteiger partial charge in [-0.25, -0.2) is 0 Å². The topological polar surface area (TPSA) is 58.4 Å². The molecule has 2 heterocycles. The van der Waals surface area contributed by atoms with E-state index in [2.05, 4.69) is 21.9 Å². The summed E-state index contributed by atoms with van der Waals surface area (Å²) in [7, 11) is 3.27. The summed E-state index contributed by atoms with van der Waals surface area (Å²) < 4.78 is 17.0. The number of furan rings is 1. The lowest BCUT2D eigenvalue weighted by Crippen LogP contribution is -2.48. The van der Waals surface area contributed by atoms with Gasteiger partial charge in [0.15, 0.2) is 17.3 Å². The molecule has 0 spiro atoms. The molecule has 208 valence electrons. The number of ether oxygens (including phenoxy) is 2. The Balaban J connectivity index is 1.25. The number of carbonyl (C=O) groups excluding carboxylic acids is 1. The number of anilines is 1. The molecule has 1 fully saturated rings. The van der Waals surface area contributed by atoms with E-state index in [1.807, 2.05) is 71.6 Å². The Morgan fingerprint density at radius 3 is 2.27 bits per heavy atom. The lowest BCUT2D eigenvalue weighted by Gasteiger charge is -2.35. The number of hydrogen-bond acceptors (Lipinski definition) is 6. The molecular weight excluding hydrogens is 526 g/mol. The summed E-state index contributed by atoms with van der Waals surface area (Å²) in [5.74, 6) is 2.44. The molecule has 7 nitrogen and oxygen atoms in total. The monoisotopic (exact) mass is 559 g/mol. The van der Waals surface area contributed by atoms with Crippen LogP contribution in [-0.4, -0.2) is 56.1 Å². The van der Waals surface area contributed by atoms with Gasteiger partial charge < -0.3 is 23.7 Å². The van der Waals surface area contributed by atoms with Crippen LogP contribution in [0.5, 0.6) is 11.5 Å². The Kier molecular flexibility index (Phi) is 8.94. The van der Waals surface area contributed by atoms with E-state index in [4.69, 9.17) is 25.5 Å². The summed E-state index contributed by atoms with van der Waals surface area (Å²) in [6.07, 6.45) is 0. The van der Waals surface area contributed by atoms with Gasteiger partial charge in [0.1, 0.15) is 5.76 Å². The van der Waals surface area contributed by atoms with Gasteiger partial charge in [-0.2, -0.15) is 0 Å². The molecule has 0 atom stereocenters. The zero-order valence-corrected chi connectivity index (χ0v) is 23.6. The van der Waals surface area contributed by atoms with Crippen molar-refractivity contribution in [2.75, 3.05) is 45.3 Å². The van der Waals surface area contributed by atoms with Crippen LogP contribution in [0.3, 0.4) is 0 Å². The Labute approximate surface area is 240 Å². The van der Waals surface area contributed by atoms with Gasteiger partial charge in [0.2, 0.25) is 0 Å². The zero-order chi connectivity index (χ0) is 27.9. The average molecular weight is 560 g/mol. The molecule has 40 heavy (non-hydrogen) atoms. The normalized spacial score (nSPS) is 13.5. The van der Waals surface area contributed by atoms with Gasteiger partial charge in [-0.1, -0.05) is 54.1 Å². The van der Waals surface area contributed by atoms with Gasteiger partial charge >= 0.3 is 0 Å². The minimum Gasteiger partial charge on any atom is -0.493 e. The number of carbonyl (C=O) groups is 1. The summed E-state index contributed by atoms with van der Waals surface area (Å²) in [5.41, 5.74) is 3.37. The second-order valence-corrected chi connectivity index (χ2v) is 10.3. The standard InChI is InChI=1S/C32H34ClN3O4/c1-38-29-13-11-25(19-31(29)39-2)22-34(21-24-7-4-3-5-8-24)23-28-12-14-30(40-28)32(37)36-17-15-35(16-18-36)27-10-6-9-26(33)20-27/h3-14,19-20H,15-18,21-23H2,1-2H3. The number of rotatable bonds is 10. The molecule has 1 aromatic heterocycles. The van der Waals surface area contributed by atoms with E-state index >= 15 is 0 Å². The van der Waals surface area contributed by atoms with E-state index in [0.29, 0.717) is 48.5 Å². The highest BCUT2D eigenvalue weighted by atomic mass is 35.5. The Bertz CT molecular complexity index is 1420. The fourth-order valence-electron chi connectivity index (χ4n) is 5.04. The molecule has 0 saturated carbocycles. The first-order valence-electron chi connectivity index (χ1n) is 13.4. The molecule has 0 radical (unpaired) electrons. The van der Waals surface area contributed by atoms with E-state index in [1.54, 1.807) is 20.3 Å². The number of benzene rings is 3. The molecule has 1 aliphatic rings. The zero-order valence-electron chi connectivity index (χ0n) is 22.9. The number of methoxy groups -OCH3 is 2. The van der Waals surface area contributed by atoms with Crippen LogP contribution in [0.1, 0.15) is 27.4 Å². The first-order valence-corrected chi connectivity index (χ1v) is 13.8. The van der Waals surface area contributed by atoms with Crippen molar-refractivity contribution in [1.82, 2.24) is 9.80 Å². The SMILES string of the molecule is COc1ccc(CN(Cc2ccccc2)Cc2ccc(C(=O)N3CCN(c4cccc(Cl)c4)CC3)o2)cc1OC. The second kappa shape index (κ2) is 12.9. The summed E-state index contributed by atoms with van der Waals surface area (Å²) in [5, 5.41) is 0.714. The fraction of sp³-hybridized carbons (Fsp3) is 0.281. The average Bonchev–Trinajstić information content (AvgIpc) is 3.45. The van der Waals surface area contributed by atoms with E-state index in [1.165, 1.54) is 5.56 Å². The van der Waals surface area contributed by atoms with Crippen LogP contribution < -0.4 is 14.4 Å². The highest BCUT2D eigenvalue weighted by Crippen LogP contribution is 2.29. The smallest absolute Gasteiger partial charge is 0.289 e. The molecule has 8 heteroatoms. The van der Waals surface area contributed by atoms with Crippen molar-refractivity contribution in [1.29, 1.82) is 0 Å². The Hall–Kier alpha value is -3.94. The van der Waals surface area contributed by atoms with Gasteiger partial charge in [0.05, 0.1) is 20.8 Å². The second-order valence-electron chi connectivity index (χ2n) is 9.85. The van der Waals surface area contributed by atoms with Crippen molar-refractivity contribution >= 4 is 23.2 Å². The van der Waals surface area contributed by atoms with Gasteiger partial charge in [0.25, 0.3) is 5.91 Å². The maximum absolute atomic E-state index is 13.3. The van der Waals surface area contributed by atoms with Crippen LogP contribution in [-0.2, 0) is 19.6 Å². The number of nitrogens with zero attached hydrogens (tertiary/aromatic N) is 3. The van der Waals surface area contributed by atoms with E-state index in [9.17, 15) is 4.79 Å². The third kappa shape index (κ3) is 6.79. The molecular formula is C32H34ClN3O4. The summed E-state index contributed by atoms with van der Waals surface area (Å²) in [6, 6.07) is 27.8. The maximum Gasteiger partial charge on any atom is 0.289 e. The Morgan fingerprint density at radius 1 is 0.800 bits per heavy atom. The molecule has 0 unspecified atom stereocenters. The quantitative estimate of drug-likeness (QED) is 0.233. The molecule has 1 saturated heterocycles. The van der Waals surface area contributed by atoms with Crippen LogP contribution >= 0.6 is 11.6 Å². The number of halogens is 1. The van der Waals surface area contributed by atoms with E-state index in [-0.39, 0.29) is 5.91 Å². The highest BCUT2D eigenvalue weighted by molar-refractivity contribution is 6.30. The molecule has 5 rings (SSSR count). The molecule has 4 aromatic rings. The molecule has 0 bridgehead atoms. The summed E-state index contributed by atoms with van der Waals surface area (Å²) in [6.45, 7) is 4.70. The molecule has 3 aromatic carbocycles. The van der Waals surface area contributed by atoms with Crippen molar-refractivity contribution in [3.8, 4) is 11.5 Å². The van der Waals surface area contributed by atoms with Crippen molar-refractivity contribution in [2.24, 2.45) is 0 Å². The lowest BCUT2D eigenvalue weighted by atomic mass is 10.1. The van der Waals surface area contributed by atoms with Crippen LogP contribution in [0.25, 0.3) is 0 Å². The van der Waals surface area contributed by atoms with Crippen LogP contribution in [0.15, 0.2) is 89.3 Å². The van der Waals surface area contributed by atoms with Crippen molar-refractivity contribution in [2.45, 2.75) is 19.6 Å². The van der Waals surface area contributed by atoms with Crippen LogP contribution in [0.2, 0.25) is 5.02 Å². The minimum absolute atomic E-state index is 0.0773. The van der Waals surface area contributed by atoms with E-state index in [0.717, 1.165) is 36.6 Å². The van der Waals surface area contributed by atoms with Gasteiger partial charge in [0, 0.05) is 50.0 Å². The predicted molar refractivity (Wildman–Crippen MR) is 157 cm³/mol. The largest absolute Gasteiger partial charge is 0.493 e. The van der Waals surface area contributed by atoms with Gasteiger partial charge in [-0.3, -0.25) is 9.69 Å². The molecule has 0 aliphatic carbocycles. The summed E-state index contributed by atoms with van der Waals surface area (Å²) >= 11 is 6.16. The first kappa shape index (κ1) is 27.6. The van der Waals surface area contributed by atoms with Gasteiger partial charge in [-0.15, -0.1) is 0 Å². The van der Waals surface area contributed by atoms with Crippen molar-refractivity contribution < 1.29 is 18.7 Å². The Morgan fingerprint density at radius 2 is 1.55 bits per heavy atom. The maximum atomic E-state index is 13.3. The number of piperazine rings is 1. The third-order valence-electron chi connectivity index (χ3n) is 7.10. The fourth-order valence-corrected chi connectivity index (χ4v) is 5.23. The molecule has 1 amide bonds. The van der Waals surface area contributed by atoms with Crippen molar-refractivity contribution in [3.05, 3.63) is 113 Å². The van der Waals surface area contributed by atoms with Crippen molar-refractivity contribution in [3.63, 3.8) is 0 Å².